The third kappa shape index (κ3) is 5.39. The monoisotopic (exact) mass is 274 g/mol. The number of hydrogen-bond donors (Lipinski definition) is 2. The highest BCUT2D eigenvalue weighted by Gasteiger charge is 2.20. The van der Waals surface area contributed by atoms with Crippen molar-refractivity contribution in [2.75, 3.05) is 18.4 Å². The molecule has 2 rings (SSSR count). The molecule has 17 heavy (non-hydrogen) atoms. The van der Waals surface area contributed by atoms with Gasteiger partial charge < -0.3 is 10.6 Å². The summed E-state index contributed by atoms with van der Waals surface area (Å²) < 4.78 is 0. The summed E-state index contributed by atoms with van der Waals surface area (Å²) in [5.74, 6) is 0.766. The topological polar surface area (TPSA) is 41.1 Å². The zero-order valence-electron chi connectivity index (χ0n) is 9.41. The summed E-state index contributed by atoms with van der Waals surface area (Å²) in [6.07, 6.45) is 2.59. The predicted octanol–water partition coefficient (Wildman–Crippen LogP) is 2.70. The first-order valence-corrected chi connectivity index (χ1v) is 5.88. The van der Waals surface area contributed by atoms with E-state index in [0.29, 0.717) is 11.6 Å². The molecule has 1 fully saturated rings. The molecule has 0 spiro atoms. The second kappa shape index (κ2) is 6.84. The molecule has 0 saturated heterocycles. The molecule has 0 atom stereocenters. The molecule has 1 aliphatic rings. The van der Waals surface area contributed by atoms with Crippen molar-refractivity contribution in [1.29, 1.82) is 0 Å². The number of rotatable bonds is 5. The lowest BCUT2D eigenvalue weighted by Gasteiger charge is -2.06. The highest BCUT2D eigenvalue weighted by Crippen LogP contribution is 2.27. The number of nitrogens with one attached hydrogen (secondary N) is 2. The maximum absolute atomic E-state index is 11.5. The number of amides is 1. The van der Waals surface area contributed by atoms with Gasteiger partial charge in [-0.05, 0) is 43.5 Å². The summed E-state index contributed by atoms with van der Waals surface area (Å²) in [7, 11) is 0. The minimum absolute atomic E-state index is 0. The van der Waals surface area contributed by atoms with E-state index in [1.807, 2.05) is 12.1 Å². The molecule has 1 aromatic carbocycles. The molecule has 1 aromatic rings. The van der Waals surface area contributed by atoms with Crippen molar-refractivity contribution in [3.63, 3.8) is 0 Å². The van der Waals surface area contributed by atoms with Crippen LogP contribution in [0.5, 0.6) is 0 Å². The minimum atomic E-state index is -0.0251. The Hall–Kier alpha value is -0.770. The van der Waals surface area contributed by atoms with E-state index in [1.165, 1.54) is 12.8 Å². The van der Waals surface area contributed by atoms with Gasteiger partial charge in [0.1, 0.15) is 0 Å². The van der Waals surface area contributed by atoms with E-state index in [9.17, 15) is 4.79 Å². The Bertz CT molecular complexity index is 381. The van der Waals surface area contributed by atoms with E-state index < -0.39 is 0 Å². The summed E-state index contributed by atoms with van der Waals surface area (Å²) >= 11 is 5.82. The van der Waals surface area contributed by atoms with E-state index >= 15 is 0 Å². The molecule has 5 heteroatoms. The van der Waals surface area contributed by atoms with Gasteiger partial charge in [0.25, 0.3) is 0 Å². The van der Waals surface area contributed by atoms with Gasteiger partial charge >= 0.3 is 0 Å². The molecule has 1 amide bonds. The summed E-state index contributed by atoms with van der Waals surface area (Å²) in [5.41, 5.74) is 0.741. The van der Waals surface area contributed by atoms with Gasteiger partial charge in [-0.15, -0.1) is 12.4 Å². The van der Waals surface area contributed by atoms with Crippen LogP contribution in [0.1, 0.15) is 12.8 Å². The minimum Gasteiger partial charge on any atom is -0.325 e. The molecule has 0 aliphatic heterocycles. The highest BCUT2D eigenvalue weighted by molar-refractivity contribution is 6.30. The average Bonchev–Trinajstić information content (AvgIpc) is 3.01. The normalized spacial score (nSPS) is 13.9. The number of carbonyl (C=O) groups excluding carboxylic acids is 1. The van der Waals surface area contributed by atoms with E-state index in [4.69, 9.17) is 11.6 Å². The van der Waals surface area contributed by atoms with E-state index in [-0.39, 0.29) is 18.3 Å². The van der Waals surface area contributed by atoms with Gasteiger partial charge in [-0.25, -0.2) is 0 Å². The van der Waals surface area contributed by atoms with Crippen molar-refractivity contribution in [3.8, 4) is 0 Å². The van der Waals surface area contributed by atoms with Crippen LogP contribution < -0.4 is 10.6 Å². The summed E-state index contributed by atoms with van der Waals surface area (Å²) in [6, 6.07) is 7.16. The number of anilines is 1. The maximum Gasteiger partial charge on any atom is 0.238 e. The Labute approximate surface area is 112 Å². The standard InChI is InChI=1S/C12H15ClN2O.ClH/c13-10-2-1-3-11(6-10)15-12(16)8-14-7-9-4-5-9;/h1-3,6,9,14H,4-5,7-8H2,(H,15,16);1H. The van der Waals surface area contributed by atoms with Crippen LogP contribution in [-0.4, -0.2) is 19.0 Å². The molecule has 1 saturated carbocycles. The molecule has 0 aromatic heterocycles. The number of hydrogen-bond acceptors (Lipinski definition) is 2. The van der Waals surface area contributed by atoms with Crippen molar-refractivity contribution in [2.45, 2.75) is 12.8 Å². The Morgan fingerprint density at radius 2 is 2.18 bits per heavy atom. The van der Waals surface area contributed by atoms with Crippen LogP contribution >= 0.6 is 24.0 Å². The van der Waals surface area contributed by atoms with Crippen molar-refractivity contribution < 1.29 is 4.79 Å². The third-order valence-electron chi connectivity index (χ3n) is 2.52. The van der Waals surface area contributed by atoms with Crippen LogP contribution in [0.25, 0.3) is 0 Å². The SMILES string of the molecule is Cl.O=C(CNCC1CC1)Nc1cccc(Cl)c1. The second-order valence-corrected chi connectivity index (χ2v) is 4.57. The number of benzene rings is 1. The van der Waals surface area contributed by atoms with Gasteiger partial charge in [0.05, 0.1) is 6.54 Å². The second-order valence-electron chi connectivity index (χ2n) is 4.13. The smallest absolute Gasteiger partial charge is 0.238 e. The summed E-state index contributed by atoms with van der Waals surface area (Å²) in [6.45, 7) is 1.31. The van der Waals surface area contributed by atoms with Crippen LogP contribution in [0.2, 0.25) is 5.02 Å². The van der Waals surface area contributed by atoms with Crippen LogP contribution in [0, 0.1) is 5.92 Å². The van der Waals surface area contributed by atoms with Crippen molar-refractivity contribution >= 4 is 35.6 Å². The molecule has 0 heterocycles. The van der Waals surface area contributed by atoms with Crippen molar-refractivity contribution in [2.24, 2.45) is 5.92 Å². The fraction of sp³-hybridized carbons (Fsp3) is 0.417. The van der Waals surface area contributed by atoms with Crippen molar-refractivity contribution in [1.82, 2.24) is 5.32 Å². The molecular weight excluding hydrogens is 259 g/mol. The van der Waals surface area contributed by atoms with Crippen LogP contribution in [0.15, 0.2) is 24.3 Å². The predicted molar refractivity (Wildman–Crippen MR) is 72.9 cm³/mol. The first kappa shape index (κ1) is 14.3. The maximum atomic E-state index is 11.5. The molecule has 94 valence electrons. The molecule has 3 nitrogen and oxygen atoms in total. The third-order valence-corrected chi connectivity index (χ3v) is 2.76. The lowest BCUT2D eigenvalue weighted by molar-refractivity contribution is -0.115. The quantitative estimate of drug-likeness (QED) is 0.867. The van der Waals surface area contributed by atoms with Gasteiger partial charge in [-0.2, -0.15) is 0 Å². The molecule has 0 bridgehead atoms. The summed E-state index contributed by atoms with van der Waals surface area (Å²) in [5, 5.41) is 6.56. The number of carbonyl (C=O) groups is 1. The lowest BCUT2D eigenvalue weighted by atomic mass is 10.3. The van der Waals surface area contributed by atoms with Gasteiger partial charge in [0.15, 0.2) is 0 Å². The molecule has 0 radical (unpaired) electrons. The molecule has 1 aliphatic carbocycles. The first-order chi connectivity index (χ1) is 7.74. The van der Waals surface area contributed by atoms with Gasteiger partial charge in [0, 0.05) is 10.7 Å². The fourth-order valence-corrected chi connectivity index (χ4v) is 1.67. The van der Waals surface area contributed by atoms with Gasteiger partial charge in [-0.1, -0.05) is 17.7 Å². The lowest BCUT2D eigenvalue weighted by Crippen LogP contribution is -2.29. The van der Waals surface area contributed by atoms with E-state index in [1.54, 1.807) is 12.1 Å². The van der Waals surface area contributed by atoms with Crippen LogP contribution in [-0.2, 0) is 4.79 Å². The van der Waals surface area contributed by atoms with Gasteiger partial charge in [0.2, 0.25) is 5.91 Å². The summed E-state index contributed by atoms with van der Waals surface area (Å²) in [4.78, 5) is 11.5. The fourth-order valence-electron chi connectivity index (χ4n) is 1.48. The molecule has 2 N–H and O–H groups in total. The van der Waals surface area contributed by atoms with Crippen LogP contribution in [0.4, 0.5) is 5.69 Å². The van der Waals surface area contributed by atoms with E-state index in [0.717, 1.165) is 18.2 Å². The van der Waals surface area contributed by atoms with Crippen LogP contribution in [0.3, 0.4) is 0 Å². The Morgan fingerprint density at radius 1 is 1.41 bits per heavy atom. The Kier molecular flexibility index (Phi) is 5.75. The van der Waals surface area contributed by atoms with E-state index in [2.05, 4.69) is 10.6 Å². The average molecular weight is 275 g/mol. The largest absolute Gasteiger partial charge is 0.325 e. The molecular formula is C12H16Cl2N2O. The Balaban J connectivity index is 0.00000144. The van der Waals surface area contributed by atoms with Gasteiger partial charge in [-0.3, -0.25) is 4.79 Å². The highest BCUT2D eigenvalue weighted by atomic mass is 35.5. The number of halogens is 2. The Morgan fingerprint density at radius 3 is 2.82 bits per heavy atom. The zero-order chi connectivity index (χ0) is 11.4. The first-order valence-electron chi connectivity index (χ1n) is 5.50. The molecule has 0 unspecified atom stereocenters. The van der Waals surface area contributed by atoms with Crippen molar-refractivity contribution in [3.05, 3.63) is 29.3 Å². The zero-order valence-corrected chi connectivity index (χ0v) is 11.0.